The maximum Gasteiger partial charge on any atom is 0.411 e. The number of aryl methyl sites for hydroxylation is 2. The molecule has 492 valence electrons. The molecule has 0 spiro atoms. The van der Waals surface area contributed by atoms with Gasteiger partial charge in [-0.25, -0.2) is 47.1 Å². The van der Waals surface area contributed by atoms with Crippen LogP contribution in [0.5, 0.6) is 0 Å². The number of fused-ring (bicyclic) bond motifs is 2. The summed E-state index contributed by atoms with van der Waals surface area (Å²) in [5.41, 5.74) is -0.760. The van der Waals surface area contributed by atoms with Gasteiger partial charge in [0.1, 0.15) is 47.4 Å². The van der Waals surface area contributed by atoms with Crippen LogP contribution in [0.15, 0.2) is 80.1 Å². The van der Waals surface area contributed by atoms with Crippen molar-refractivity contribution in [2.45, 2.75) is 96.2 Å². The molecule has 92 heavy (non-hydrogen) atoms. The molecule has 2 aromatic carbocycles. The molecular formula is C60H62F8N10O14. The molecule has 10 rings (SSSR count). The summed E-state index contributed by atoms with van der Waals surface area (Å²) in [6.45, 7) is 3.65. The summed E-state index contributed by atoms with van der Waals surface area (Å²) in [4.78, 5) is 114. The Kier molecular flexibility index (Phi) is 20.3. The molecule has 2 fully saturated rings. The van der Waals surface area contributed by atoms with Crippen LogP contribution in [0.2, 0.25) is 0 Å². The van der Waals surface area contributed by atoms with E-state index in [4.69, 9.17) is 23.7 Å². The van der Waals surface area contributed by atoms with Crippen LogP contribution in [0, 0.1) is 25.5 Å². The first-order valence-corrected chi connectivity index (χ1v) is 28.8. The molecule has 2 saturated heterocycles. The molecule has 3 N–H and O–H groups in total. The molecule has 0 radical (unpaired) electrons. The lowest BCUT2D eigenvalue weighted by Gasteiger charge is -2.38. The molecule has 0 bridgehead atoms. The van der Waals surface area contributed by atoms with Crippen LogP contribution in [-0.4, -0.2) is 153 Å². The second-order valence-electron chi connectivity index (χ2n) is 21.9. The van der Waals surface area contributed by atoms with Gasteiger partial charge in [0.05, 0.1) is 81.7 Å². The lowest BCUT2D eigenvalue weighted by atomic mass is 10.0. The number of benzene rings is 2. The Hall–Kier alpha value is -9.14. The van der Waals surface area contributed by atoms with Gasteiger partial charge in [0.25, 0.3) is 22.9 Å². The molecular weight excluding hydrogens is 1240 g/mol. The van der Waals surface area contributed by atoms with E-state index in [1.54, 1.807) is 14.0 Å². The first-order valence-electron chi connectivity index (χ1n) is 28.8. The van der Waals surface area contributed by atoms with Gasteiger partial charge in [0, 0.05) is 88.0 Å². The molecule has 6 aromatic rings. The van der Waals surface area contributed by atoms with Gasteiger partial charge in [-0.15, -0.1) is 0 Å². The van der Waals surface area contributed by atoms with Crippen molar-refractivity contribution in [1.82, 2.24) is 38.9 Å². The normalized spacial score (nSPS) is 17.3. The number of aromatic nitrogens is 6. The third-order valence-corrected chi connectivity index (χ3v) is 16.0. The van der Waals surface area contributed by atoms with Gasteiger partial charge in [0.2, 0.25) is 0 Å². The summed E-state index contributed by atoms with van der Waals surface area (Å²) in [6, 6.07) is 3.08. The van der Waals surface area contributed by atoms with Crippen molar-refractivity contribution in [2.24, 2.45) is 14.1 Å². The monoisotopic (exact) mass is 1300 g/mol. The number of hydrogen-bond donors (Lipinski definition) is 3. The highest BCUT2D eigenvalue weighted by Crippen LogP contribution is 2.35. The number of pyridine rings is 2. The molecule has 0 aliphatic carbocycles. The number of halogens is 8. The average Bonchev–Trinajstić information content (AvgIpc) is 0.786. The van der Waals surface area contributed by atoms with Gasteiger partial charge in [-0.05, 0) is 79.4 Å². The Morgan fingerprint density at radius 2 is 1.04 bits per heavy atom. The quantitative estimate of drug-likeness (QED) is 0.0975. The van der Waals surface area contributed by atoms with E-state index in [9.17, 15) is 69.8 Å². The number of anilines is 2. The van der Waals surface area contributed by atoms with Gasteiger partial charge in [0.15, 0.2) is 0 Å². The van der Waals surface area contributed by atoms with Crippen molar-refractivity contribution in [1.29, 1.82) is 0 Å². The van der Waals surface area contributed by atoms with Crippen LogP contribution in [-0.2, 0) is 86.3 Å². The largest absolute Gasteiger partial charge is 0.480 e. The third kappa shape index (κ3) is 14.3. The number of alkyl halides is 6. The van der Waals surface area contributed by atoms with Crippen LogP contribution >= 0.6 is 0 Å². The maximum atomic E-state index is 15.4. The summed E-state index contributed by atoms with van der Waals surface area (Å²) >= 11 is 0. The Morgan fingerprint density at radius 3 is 1.41 bits per heavy atom. The Labute approximate surface area is 516 Å². The number of rotatable bonds is 15. The number of carboxylic acid groups (broad SMARTS) is 1. The topological polar surface area (TPSA) is 279 Å². The fourth-order valence-corrected chi connectivity index (χ4v) is 11.3. The number of hydrogen-bond acceptors (Lipinski definition) is 17. The number of ether oxygens (including phenoxy) is 5. The smallest absolute Gasteiger partial charge is 0.411 e. The van der Waals surface area contributed by atoms with Crippen LogP contribution in [0.3, 0.4) is 0 Å². The van der Waals surface area contributed by atoms with E-state index in [0.717, 1.165) is 31.1 Å². The number of nitrogens with zero attached hydrogens (tertiary/aromatic N) is 8. The fraction of sp³-hybridized carbons (Fsp3) is 0.433. The van der Waals surface area contributed by atoms with E-state index in [1.807, 2.05) is 0 Å². The minimum Gasteiger partial charge on any atom is -0.480 e. The lowest BCUT2D eigenvalue weighted by Crippen LogP contribution is -2.53. The number of carbonyl (C=O) groups excluding carboxylic acids is 3. The standard InChI is InChI=1S/C31H33F4N5O7.C29H29F4N5O7/c1-4-47-29(43)22(12-18-5-6-25(36-14-18)40-28(42)20-15-45-9-7-23(20)38(3)30(40)44)37-27(41)26-17(2)11-19(13-21(26)32)39-8-10-46-16-24(39)31(33,34)35;1-15-9-17(37-6-8-45-14-22(37)29(31,32)33)11-19(30)24(15)25(39)35-20(27(41)42)10-16-3-4-23(34-12-16)38-26(40)18-13-44-7-5-21(18)36(2)28(38)43/h5-6,11,13-14,22,24H,4,7-10,12,15-16H2,1-3H3,(H,37,41);3-4,9,11-12,20,22H,5-8,10,13-14H2,1-2H3,(H,35,39)(H,41,42)/t22-,24+;20-,22+/m00/s1. The summed E-state index contributed by atoms with van der Waals surface area (Å²) in [5, 5.41) is 14.5. The molecule has 2 amide bonds. The van der Waals surface area contributed by atoms with Crippen molar-refractivity contribution in [3.8, 4) is 11.6 Å². The minimum absolute atomic E-state index is 0.000509. The van der Waals surface area contributed by atoms with Crippen LogP contribution in [0.25, 0.3) is 11.6 Å². The highest BCUT2D eigenvalue weighted by molar-refractivity contribution is 5.99. The predicted octanol–water partition coefficient (Wildman–Crippen LogP) is 3.77. The molecule has 4 aromatic heterocycles. The van der Waals surface area contributed by atoms with Crippen LogP contribution in [0.4, 0.5) is 46.5 Å². The Balaban J connectivity index is 0.000000218. The number of amides is 2. The Bertz CT molecular complexity index is 4010. The van der Waals surface area contributed by atoms with E-state index in [2.05, 4.69) is 20.6 Å². The number of carbonyl (C=O) groups is 4. The second-order valence-corrected chi connectivity index (χ2v) is 21.9. The molecule has 4 aliphatic rings. The molecule has 24 nitrogen and oxygen atoms in total. The SMILES string of the molecule is CCOC(=O)[C@H](Cc1ccc(-n2c(=O)c3c(n(C)c2=O)CCOC3)nc1)NC(=O)c1c(C)cc(N2CCOC[C@@H]2C(F)(F)F)cc1F.Cc1cc(N2CCOC[C@@H]2C(F)(F)F)cc(F)c1C(=O)N[C@@H](Cc1ccc(-n2c(=O)c3c(n(C)c2=O)CCOC3)nc1)C(=O)O. The molecule has 4 aliphatic heterocycles. The number of morpholine rings is 2. The minimum atomic E-state index is -4.64. The highest BCUT2D eigenvalue weighted by atomic mass is 19.4. The molecule has 8 heterocycles. The zero-order chi connectivity index (χ0) is 66.7. The van der Waals surface area contributed by atoms with Gasteiger partial charge in [-0.3, -0.25) is 28.3 Å². The van der Waals surface area contributed by atoms with Gasteiger partial charge in [-0.2, -0.15) is 26.3 Å². The maximum absolute atomic E-state index is 15.4. The van der Waals surface area contributed by atoms with Crippen molar-refractivity contribution >= 4 is 35.1 Å². The Morgan fingerprint density at radius 1 is 0.630 bits per heavy atom. The lowest BCUT2D eigenvalue weighted by molar-refractivity contribution is -0.167. The van der Waals surface area contributed by atoms with E-state index >= 15 is 8.78 Å². The number of aliphatic carboxylic acids is 1. The van der Waals surface area contributed by atoms with E-state index < -0.39 is 119 Å². The molecule has 0 saturated carbocycles. The van der Waals surface area contributed by atoms with Crippen molar-refractivity contribution in [3.05, 3.63) is 170 Å². The number of esters is 1. The van der Waals surface area contributed by atoms with Gasteiger partial charge in [-0.1, -0.05) is 12.1 Å². The second kappa shape index (κ2) is 27.8. The van der Waals surface area contributed by atoms with Crippen molar-refractivity contribution in [2.75, 3.05) is 69.1 Å². The summed E-state index contributed by atoms with van der Waals surface area (Å²) < 4.78 is 142. The van der Waals surface area contributed by atoms with Gasteiger partial charge < -0.3 is 49.2 Å². The van der Waals surface area contributed by atoms with Gasteiger partial charge >= 0.3 is 35.7 Å². The van der Waals surface area contributed by atoms with Crippen LogP contribution < -0.4 is 42.9 Å². The first-order chi connectivity index (χ1) is 43.6. The van der Waals surface area contributed by atoms with Crippen molar-refractivity contribution < 1.29 is 83.1 Å². The fourth-order valence-electron chi connectivity index (χ4n) is 11.3. The summed E-state index contributed by atoms with van der Waals surface area (Å²) in [6.07, 6.45) is -6.29. The number of nitrogens with one attached hydrogen (secondary N) is 2. The van der Waals surface area contributed by atoms with Crippen molar-refractivity contribution in [3.63, 3.8) is 0 Å². The zero-order valence-electron chi connectivity index (χ0n) is 50.0. The van der Waals surface area contributed by atoms with E-state index in [0.29, 0.717) is 59.7 Å². The molecule has 0 unspecified atom stereocenters. The van der Waals surface area contributed by atoms with E-state index in [-0.39, 0.29) is 93.1 Å². The highest BCUT2D eigenvalue weighted by Gasteiger charge is 2.47. The zero-order valence-corrected chi connectivity index (χ0v) is 50.0. The predicted molar refractivity (Wildman–Crippen MR) is 309 cm³/mol. The van der Waals surface area contributed by atoms with Crippen LogP contribution in [0.1, 0.15) is 72.4 Å². The third-order valence-electron chi connectivity index (χ3n) is 16.0. The average molecular weight is 1300 g/mol. The summed E-state index contributed by atoms with van der Waals surface area (Å²) in [7, 11) is 3.10. The first kappa shape index (κ1) is 67.3. The molecule has 4 atom stereocenters. The molecule has 32 heteroatoms. The summed E-state index contributed by atoms with van der Waals surface area (Å²) in [5.74, 6) is -6.46. The van der Waals surface area contributed by atoms with E-state index in [1.165, 1.54) is 78.8 Å². The number of carboxylic acids is 1.